The molecule has 1 saturated heterocycles. The molecule has 1 fully saturated rings. The van der Waals surface area contributed by atoms with Gasteiger partial charge in [-0.2, -0.15) is 0 Å². The lowest BCUT2D eigenvalue weighted by atomic mass is 10.1. The molecule has 4 rings (SSSR count). The summed E-state index contributed by atoms with van der Waals surface area (Å²) in [5.41, 5.74) is 3.13. The zero-order chi connectivity index (χ0) is 12.7. The van der Waals surface area contributed by atoms with Crippen molar-refractivity contribution >= 4 is 22.1 Å². The van der Waals surface area contributed by atoms with Crippen LogP contribution < -0.4 is 5.32 Å². The molecule has 3 aromatic rings. The third kappa shape index (κ3) is 1.73. The van der Waals surface area contributed by atoms with Crippen LogP contribution in [0.25, 0.3) is 22.1 Å². The number of hydrogen-bond acceptors (Lipinski definition) is 3. The van der Waals surface area contributed by atoms with E-state index in [4.69, 9.17) is 0 Å². The number of nitrogens with one attached hydrogen (secondary N) is 2. The van der Waals surface area contributed by atoms with E-state index in [0.29, 0.717) is 6.04 Å². The van der Waals surface area contributed by atoms with Crippen molar-refractivity contribution in [1.29, 1.82) is 0 Å². The highest BCUT2D eigenvalue weighted by atomic mass is 15.1. The molecule has 0 aromatic carbocycles. The Labute approximate surface area is 111 Å². The summed E-state index contributed by atoms with van der Waals surface area (Å²) in [7, 11) is 0. The van der Waals surface area contributed by atoms with Gasteiger partial charge in [0.05, 0.1) is 18.0 Å². The van der Waals surface area contributed by atoms with Gasteiger partial charge in [-0.05, 0) is 25.5 Å². The molecule has 3 aromatic heterocycles. The maximum Gasteiger partial charge on any atom is 0.139 e. The van der Waals surface area contributed by atoms with Crippen molar-refractivity contribution in [2.75, 3.05) is 13.1 Å². The van der Waals surface area contributed by atoms with Crippen LogP contribution in [0.4, 0.5) is 0 Å². The maximum absolute atomic E-state index is 4.51. The summed E-state index contributed by atoms with van der Waals surface area (Å²) < 4.78 is 2.32. The standard InChI is InChI=1S/C14H17N5/c1-2-5-15-7-10(3-1)19-9-18-12-8-17-14-11(13(12)19)4-6-16-14/h4,6,8-10,15H,1-3,5,7H2,(H,16,17)/t10-/m1/s1. The van der Waals surface area contributed by atoms with Crippen LogP contribution in [0.3, 0.4) is 0 Å². The number of aromatic nitrogens is 4. The van der Waals surface area contributed by atoms with E-state index in [2.05, 4.69) is 30.9 Å². The second-order valence-electron chi connectivity index (χ2n) is 5.24. The van der Waals surface area contributed by atoms with Crippen molar-refractivity contribution in [2.24, 2.45) is 0 Å². The van der Waals surface area contributed by atoms with Crippen LogP contribution in [-0.2, 0) is 0 Å². The SMILES string of the molecule is c1cc2c(ncc3ncn([C@@H]4CCCCNC4)c32)[nH]1. The lowest BCUT2D eigenvalue weighted by Gasteiger charge is -2.17. The minimum Gasteiger partial charge on any atom is -0.346 e. The molecule has 1 atom stereocenters. The van der Waals surface area contributed by atoms with Crippen LogP contribution >= 0.6 is 0 Å². The van der Waals surface area contributed by atoms with Crippen LogP contribution in [0.15, 0.2) is 24.8 Å². The molecular formula is C14H17N5. The van der Waals surface area contributed by atoms with E-state index in [1.54, 1.807) is 0 Å². The Morgan fingerprint density at radius 2 is 2.26 bits per heavy atom. The summed E-state index contributed by atoms with van der Waals surface area (Å²) in [6, 6.07) is 2.58. The van der Waals surface area contributed by atoms with Crippen molar-refractivity contribution in [2.45, 2.75) is 25.3 Å². The molecule has 4 heterocycles. The Hall–Kier alpha value is -1.88. The van der Waals surface area contributed by atoms with Crippen LogP contribution in [0.5, 0.6) is 0 Å². The second-order valence-corrected chi connectivity index (χ2v) is 5.24. The molecule has 0 unspecified atom stereocenters. The highest BCUT2D eigenvalue weighted by Gasteiger charge is 2.18. The summed E-state index contributed by atoms with van der Waals surface area (Å²) in [5.74, 6) is 0. The number of rotatable bonds is 1. The molecule has 5 nitrogen and oxygen atoms in total. The fourth-order valence-corrected chi connectivity index (χ4v) is 3.05. The van der Waals surface area contributed by atoms with E-state index in [0.717, 1.165) is 24.3 Å². The normalized spacial score (nSPS) is 20.9. The summed E-state index contributed by atoms with van der Waals surface area (Å²) in [5, 5.41) is 4.69. The molecule has 1 aliphatic rings. The number of hydrogen-bond donors (Lipinski definition) is 2. The fourth-order valence-electron chi connectivity index (χ4n) is 3.05. The van der Waals surface area contributed by atoms with Crippen LogP contribution in [-0.4, -0.2) is 32.6 Å². The number of pyridine rings is 1. The van der Waals surface area contributed by atoms with Gasteiger partial charge in [0.15, 0.2) is 0 Å². The van der Waals surface area contributed by atoms with Gasteiger partial charge >= 0.3 is 0 Å². The molecule has 0 radical (unpaired) electrons. The lowest BCUT2D eigenvalue weighted by molar-refractivity contribution is 0.472. The molecule has 19 heavy (non-hydrogen) atoms. The first-order valence-corrected chi connectivity index (χ1v) is 6.93. The lowest BCUT2D eigenvalue weighted by Crippen LogP contribution is -2.22. The van der Waals surface area contributed by atoms with Crippen molar-refractivity contribution in [1.82, 2.24) is 24.8 Å². The van der Waals surface area contributed by atoms with Gasteiger partial charge in [-0.15, -0.1) is 0 Å². The molecule has 0 bridgehead atoms. The molecule has 2 N–H and O–H groups in total. The zero-order valence-corrected chi connectivity index (χ0v) is 10.8. The minimum absolute atomic E-state index is 0.494. The highest BCUT2D eigenvalue weighted by Crippen LogP contribution is 2.27. The minimum atomic E-state index is 0.494. The smallest absolute Gasteiger partial charge is 0.139 e. The molecular weight excluding hydrogens is 238 g/mol. The molecule has 98 valence electrons. The zero-order valence-electron chi connectivity index (χ0n) is 10.8. The van der Waals surface area contributed by atoms with Crippen LogP contribution in [0.1, 0.15) is 25.3 Å². The number of H-pyrrole nitrogens is 1. The Bertz CT molecular complexity index is 703. The molecule has 1 aliphatic heterocycles. The summed E-state index contributed by atoms with van der Waals surface area (Å²) >= 11 is 0. The predicted octanol–water partition coefficient (Wildman–Crippen LogP) is 2.23. The average Bonchev–Trinajstić information content (AvgIpc) is 2.98. The van der Waals surface area contributed by atoms with Gasteiger partial charge in [0.1, 0.15) is 11.2 Å². The summed E-state index contributed by atoms with van der Waals surface area (Å²) in [6.45, 7) is 2.16. The number of imidazole rings is 1. The Morgan fingerprint density at radius 3 is 3.26 bits per heavy atom. The van der Waals surface area contributed by atoms with Crippen LogP contribution in [0.2, 0.25) is 0 Å². The number of nitrogens with zero attached hydrogens (tertiary/aromatic N) is 3. The van der Waals surface area contributed by atoms with Gasteiger partial charge in [0.2, 0.25) is 0 Å². The Balaban J connectivity index is 1.90. The van der Waals surface area contributed by atoms with Gasteiger partial charge in [-0.1, -0.05) is 6.42 Å². The van der Waals surface area contributed by atoms with E-state index in [9.17, 15) is 0 Å². The van der Waals surface area contributed by atoms with E-state index < -0.39 is 0 Å². The fraction of sp³-hybridized carbons (Fsp3) is 0.429. The first-order valence-electron chi connectivity index (χ1n) is 6.93. The Morgan fingerprint density at radius 1 is 1.26 bits per heavy atom. The van der Waals surface area contributed by atoms with Gasteiger partial charge in [-0.25, -0.2) is 9.97 Å². The molecule has 0 amide bonds. The third-order valence-corrected chi connectivity index (χ3v) is 4.03. The topological polar surface area (TPSA) is 58.5 Å². The predicted molar refractivity (Wildman–Crippen MR) is 75.1 cm³/mol. The summed E-state index contributed by atoms with van der Waals surface area (Å²) in [4.78, 5) is 12.1. The highest BCUT2D eigenvalue weighted by molar-refractivity contribution is 6.00. The Kier molecular flexibility index (Phi) is 2.51. The van der Waals surface area contributed by atoms with Gasteiger partial charge in [0.25, 0.3) is 0 Å². The van der Waals surface area contributed by atoms with E-state index in [-0.39, 0.29) is 0 Å². The van der Waals surface area contributed by atoms with E-state index in [1.165, 1.54) is 30.2 Å². The largest absolute Gasteiger partial charge is 0.346 e. The number of aromatic amines is 1. The third-order valence-electron chi connectivity index (χ3n) is 4.03. The molecule has 5 heteroatoms. The molecule has 0 saturated carbocycles. The maximum atomic E-state index is 4.51. The number of fused-ring (bicyclic) bond motifs is 3. The monoisotopic (exact) mass is 255 g/mol. The molecule has 0 spiro atoms. The van der Waals surface area contributed by atoms with E-state index >= 15 is 0 Å². The van der Waals surface area contributed by atoms with Gasteiger partial charge in [0, 0.05) is 24.2 Å². The van der Waals surface area contributed by atoms with Crippen molar-refractivity contribution < 1.29 is 0 Å². The quantitative estimate of drug-likeness (QED) is 0.701. The first kappa shape index (κ1) is 11.0. The van der Waals surface area contributed by atoms with E-state index in [1.807, 2.05) is 18.7 Å². The van der Waals surface area contributed by atoms with Crippen molar-refractivity contribution in [3.63, 3.8) is 0 Å². The van der Waals surface area contributed by atoms with Crippen LogP contribution in [0, 0.1) is 0 Å². The first-order chi connectivity index (χ1) is 9.43. The van der Waals surface area contributed by atoms with Gasteiger partial charge in [-0.3, -0.25) is 0 Å². The van der Waals surface area contributed by atoms with Crippen molar-refractivity contribution in [3.05, 3.63) is 24.8 Å². The summed E-state index contributed by atoms with van der Waals surface area (Å²) in [6.07, 6.45) is 9.53. The van der Waals surface area contributed by atoms with Gasteiger partial charge < -0.3 is 14.9 Å². The average molecular weight is 255 g/mol. The van der Waals surface area contributed by atoms with Crippen molar-refractivity contribution in [3.8, 4) is 0 Å². The molecule has 0 aliphatic carbocycles. The second kappa shape index (κ2) is 4.35.